The van der Waals surface area contributed by atoms with Crippen LogP contribution < -0.4 is 5.32 Å². The minimum absolute atomic E-state index is 0.265. The number of rotatable bonds is 6. The maximum atomic E-state index is 11.3. The van der Waals surface area contributed by atoms with E-state index in [1.54, 1.807) is 6.07 Å². The quantitative estimate of drug-likeness (QED) is 0.593. The molecule has 0 radical (unpaired) electrons. The number of nitrogens with one attached hydrogen (secondary N) is 1. The minimum atomic E-state index is -0.446. The van der Waals surface area contributed by atoms with Gasteiger partial charge in [0.15, 0.2) is 0 Å². The Bertz CT molecular complexity index is 357. The van der Waals surface area contributed by atoms with E-state index in [9.17, 15) is 4.79 Å². The highest BCUT2D eigenvalue weighted by Gasteiger charge is 2.15. The van der Waals surface area contributed by atoms with Gasteiger partial charge in [-0.15, -0.1) is 6.58 Å². The molecule has 0 aromatic carbocycles. The van der Waals surface area contributed by atoms with E-state index >= 15 is 0 Å². The Kier molecular flexibility index (Phi) is 4.79. The lowest BCUT2D eigenvalue weighted by Gasteiger charge is -2.10. The molecular formula is C12H17NO3. The Balaban J connectivity index is 2.57. The highest BCUT2D eigenvalue weighted by Crippen LogP contribution is 2.11. The third kappa shape index (κ3) is 3.24. The van der Waals surface area contributed by atoms with Gasteiger partial charge in [-0.1, -0.05) is 6.08 Å². The molecule has 0 amide bonds. The predicted molar refractivity (Wildman–Crippen MR) is 61.2 cm³/mol. The van der Waals surface area contributed by atoms with Gasteiger partial charge in [-0.2, -0.15) is 0 Å². The second kappa shape index (κ2) is 6.12. The lowest BCUT2D eigenvalue weighted by Crippen LogP contribution is -2.25. The molecule has 0 bridgehead atoms. The van der Waals surface area contributed by atoms with Crippen LogP contribution in [0.2, 0.25) is 0 Å². The van der Waals surface area contributed by atoms with Gasteiger partial charge in [0.2, 0.25) is 5.76 Å². The molecule has 4 heteroatoms. The summed E-state index contributed by atoms with van der Waals surface area (Å²) in [4.78, 5) is 11.3. The molecule has 0 aliphatic rings. The van der Waals surface area contributed by atoms with Crippen molar-refractivity contribution in [2.45, 2.75) is 25.9 Å². The molecule has 1 heterocycles. The van der Waals surface area contributed by atoms with Crippen molar-refractivity contribution >= 4 is 5.97 Å². The Hall–Kier alpha value is -1.55. The molecule has 1 aromatic rings. The molecule has 0 fully saturated rings. The topological polar surface area (TPSA) is 51.5 Å². The van der Waals surface area contributed by atoms with Gasteiger partial charge in [-0.25, -0.2) is 4.79 Å². The first-order chi connectivity index (χ1) is 7.69. The van der Waals surface area contributed by atoms with E-state index in [2.05, 4.69) is 23.6 Å². The third-order valence-electron chi connectivity index (χ3n) is 2.28. The predicted octanol–water partition coefficient (Wildman–Crippen LogP) is 2.12. The second-order valence-corrected chi connectivity index (χ2v) is 3.57. The average molecular weight is 223 g/mol. The van der Waals surface area contributed by atoms with Crippen LogP contribution in [-0.4, -0.2) is 19.1 Å². The van der Waals surface area contributed by atoms with E-state index in [-0.39, 0.29) is 5.76 Å². The summed E-state index contributed by atoms with van der Waals surface area (Å²) in [6.07, 6.45) is 4.22. The summed E-state index contributed by atoms with van der Waals surface area (Å²) in [5, 5.41) is 3.27. The highest BCUT2D eigenvalue weighted by atomic mass is 16.5. The number of hydrogen-bond donors (Lipinski definition) is 1. The van der Waals surface area contributed by atoms with Crippen molar-refractivity contribution < 1.29 is 13.9 Å². The summed E-state index contributed by atoms with van der Waals surface area (Å²) < 4.78 is 9.69. The molecule has 4 nitrogen and oxygen atoms in total. The maximum Gasteiger partial charge on any atom is 0.374 e. The third-order valence-corrected chi connectivity index (χ3v) is 2.28. The number of furan rings is 1. The minimum Gasteiger partial charge on any atom is -0.463 e. The Morgan fingerprint density at radius 2 is 2.50 bits per heavy atom. The van der Waals surface area contributed by atoms with E-state index in [4.69, 9.17) is 4.42 Å². The molecule has 16 heavy (non-hydrogen) atoms. The van der Waals surface area contributed by atoms with Crippen molar-refractivity contribution in [3.63, 3.8) is 0 Å². The number of hydrogen-bond acceptors (Lipinski definition) is 4. The zero-order valence-electron chi connectivity index (χ0n) is 9.66. The van der Waals surface area contributed by atoms with Gasteiger partial charge in [0.1, 0.15) is 0 Å². The van der Waals surface area contributed by atoms with Gasteiger partial charge >= 0.3 is 5.97 Å². The molecule has 0 spiro atoms. The fraction of sp³-hybridized carbons (Fsp3) is 0.417. The molecular weight excluding hydrogens is 206 g/mol. The Labute approximate surface area is 95.3 Å². The van der Waals surface area contributed by atoms with Crippen LogP contribution in [0, 0.1) is 0 Å². The smallest absolute Gasteiger partial charge is 0.374 e. The highest BCUT2D eigenvalue weighted by molar-refractivity contribution is 5.87. The van der Waals surface area contributed by atoms with Crippen LogP contribution in [0.5, 0.6) is 0 Å². The molecule has 88 valence electrons. The maximum absolute atomic E-state index is 11.3. The molecule has 0 aliphatic heterocycles. The average Bonchev–Trinajstić information content (AvgIpc) is 2.74. The van der Waals surface area contributed by atoms with Crippen LogP contribution >= 0.6 is 0 Å². The second-order valence-electron chi connectivity index (χ2n) is 3.57. The van der Waals surface area contributed by atoms with Gasteiger partial charge in [0, 0.05) is 18.2 Å². The summed E-state index contributed by atoms with van der Waals surface area (Å²) in [7, 11) is 1.34. The van der Waals surface area contributed by atoms with E-state index < -0.39 is 5.97 Å². The van der Waals surface area contributed by atoms with E-state index in [1.807, 2.05) is 6.08 Å². The lowest BCUT2D eigenvalue weighted by molar-refractivity contribution is 0.0563. The van der Waals surface area contributed by atoms with Gasteiger partial charge in [0.25, 0.3) is 0 Å². The van der Waals surface area contributed by atoms with Gasteiger partial charge in [-0.3, -0.25) is 0 Å². The van der Waals surface area contributed by atoms with E-state index in [0.29, 0.717) is 12.6 Å². The molecule has 1 aromatic heterocycles. The number of carbonyl (C=O) groups excluding carboxylic acids is 1. The first-order valence-electron chi connectivity index (χ1n) is 5.18. The van der Waals surface area contributed by atoms with Crippen molar-refractivity contribution in [1.29, 1.82) is 0 Å². The van der Waals surface area contributed by atoms with Crippen LogP contribution in [0.15, 0.2) is 29.4 Å². The van der Waals surface area contributed by atoms with Crippen molar-refractivity contribution in [1.82, 2.24) is 5.32 Å². The zero-order valence-corrected chi connectivity index (χ0v) is 9.66. The summed E-state index contributed by atoms with van der Waals surface area (Å²) >= 11 is 0. The first-order valence-corrected chi connectivity index (χ1v) is 5.18. The zero-order chi connectivity index (χ0) is 12.0. The summed E-state index contributed by atoms with van der Waals surface area (Å²) in [5.74, 6) is -0.182. The van der Waals surface area contributed by atoms with Crippen LogP contribution in [0.25, 0.3) is 0 Å². The van der Waals surface area contributed by atoms with Crippen molar-refractivity contribution in [2.75, 3.05) is 7.11 Å². The van der Waals surface area contributed by atoms with Crippen LogP contribution in [0.3, 0.4) is 0 Å². The molecule has 1 unspecified atom stereocenters. The van der Waals surface area contributed by atoms with E-state index in [0.717, 1.165) is 12.0 Å². The Morgan fingerprint density at radius 1 is 1.75 bits per heavy atom. The number of esters is 1. The standard InChI is InChI=1S/C12H17NO3/c1-4-5-9(2)13-8-10-6-7-16-11(10)12(14)15-3/h4,6-7,9,13H,1,5,8H2,2-3H3. The van der Waals surface area contributed by atoms with Crippen molar-refractivity contribution in [2.24, 2.45) is 0 Å². The first kappa shape index (κ1) is 12.5. The summed E-state index contributed by atoms with van der Waals surface area (Å²) in [6.45, 7) is 6.31. The number of methoxy groups -OCH3 is 1. The monoisotopic (exact) mass is 223 g/mol. The van der Waals surface area contributed by atoms with Crippen molar-refractivity contribution in [3.05, 3.63) is 36.3 Å². The van der Waals surface area contributed by atoms with Crippen LogP contribution in [0.1, 0.15) is 29.5 Å². The van der Waals surface area contributed by atoms with Gasteiger partial charge < -0.3 is 14.5 Å². The summed E-state index contributed by atoms with van der Waals surface area (Å²) in [5.41, 5.74) is 0.808. The number of ether oxygens (including phenoxy) is 1. The SMILES string of the molecule is C=CCC(C)NCc1ccoc1C(=O)OC. The number of carbonyl (C=O) groups is 1. The fourth-order valence-corrected chi connectivity index (χ4v) is 1.36. The van der Waals surface area contributed by atoms with Gasteiger partial charge in [-0.05, 0) is 19.4 Å². The molecule has 0 saturated carbocycles. The Morgan fingerprint density at radius 3 is 3.12 bits per heavy atom. The molecule has 1 rings (SSSR count). The molecule has 1 N–H and O–H groups in total. The normalized spacial score (nSPS) is 12.1. The molecule has 0 saturated heterocycles. The lowest BCUT2D eigenvalue weighted by atomic mass is 10.2. The summed E-state index contributed by atoms with van der Waals surface area (Å²) in [6, 6.07) is 2.08. The van der Waals surface area contributed by atoms with Crippen molar-refractivity contribution in [3.8, 4) is 0 Å². The fourth-order valence-electron chi connectivity index (χ4n) is 1.36. The largest absolute Gasteiger partial charge is 0.463 e. The van der Waals surface area contributed by atoms with Gasteiger partial charge in [0.05, 0.1) is 13.4 Å². The van der Waals surface area contributed by atoms with Crippen LogP contribution in [-0.2, 0) is 11.3 Å². The van der Waals surface area contributed by atoms with E-state index in [1.165, 1.54) is 13.4 Å². The van der Waals surface area contributed by atoms with Crippen LogP contribution in [0.4, 0.5) is 0 Å². The molecule has 0 aliphatic carbocycles. The molecule has 1 atom stereocenters.